The molecule has 8 heteroatoms. The van der Waals surface area contributed by atoms with Crippen LogP contribution in [0.25, 0.3) is 0 Å². The number of hydrogen-bond donors (Lipinski definition) is 3. The van der Waals surface area contributed by atoms with Gasteiger partial charge in [0.05, 0.1) is 11.4 Å². The first-order valence-corrected chi connectivity index (χ1v) is 6.32. The van der Waals surface area contributed by atoms with E-state index in [2.05, 4.69) is 31.6 Å². The van der Waals surface area contributed by atoms with Gasteiger partial charge < -0.3 is 20.8 Å². The van der Waals surface area contributed by atoms with Crippen molar-refractivity contribution in [3.63, 3.8) is 0 Å². The summed E-state index contributed by atoms with van der Waals surface area (Å²) in [7, 11) is 0. The molecule has 0 unspecified atom stereocenters. The number of oxime groups is 1. The Morgan fingerprint density at radius 1 is 1.50 bits per heavy atom. The van der Waals surface area contributed by atoms with Crippen LogP contribution >= 0.6 is 15.9 Å². The highest BCUT2D eigenvalue weighted by molar-refractivity contribution is 9.10. The number of hydrogen-bond acceptors (Lipinski definition) is 5. The Bertz CT molecular complexity index is 681. The molecule has 0 bridgehead atoms. The molecule has 0 aliphatic rings. The van der Waals surface area contributed by atoms with Crippen molar-refractivity contribution in [1.29, 1.82) is 0 Å². The number of benzene rings is 1. The van der Waals surface area contributed by atoms with E-state index in [9.17, 15) is 4.79 Å². The Morgan fingerprint density at radius 2 is 2.25 bits per heavy atom. The quantitative estimate of drug-likeness (QED) is 0.343. The molecule has 1 aromatic heterocycles. The van der Waals surface area contributed by atoms with E-state index >= 15 is 0 Å². The standard InChI is InChI=1S/C12H11BrN4O3/c1-6-4-10(20-17-6)12(18)15-9-5-7(13)2-3-8(9)11(14)16-19/h2-5,19H,1H3,(H2,14,16)(H,15,18). The van der Waals surface area contributed by atoms with Crippen LogP contribution in [0.15, 0.2) is 38.4 Å². The third-order valence-electron chi connectivity index (χ3n) is 2.47. The molecular weight excluding hydrogens is 328 g/mol. The summed E-state index contributed by atoms with van der Waals surface area (Å²) in [6.07, 6.45) is 0. The van der Waals surface area contributed by atoms with E-state index in [1.54, 1.807) is 25.1 Å². The molecule has 0 atom stereocenters. The van der Waals surface area contributed by atoms with Crippen molar-refractivity contribution in [2.24, 2.45) is 10.9 Å². The Morgan fingerprint density at radius 3 is 2.85 bits per heavy atom. The van der Waals surface area contributed by atoms with Gasteiger partial charge in [0.15, 0.2) is 5.84 Å². The van der Waals surface area contributed by atoms with Crippen molar-refractivity contribution < 1.29 is 14.5 Å². The minimum atomic E-state index is -0.476. The van der Waals surface area contributed by atoms with Crippen LogP contribution in [0.1, 0.15) is 21.8 Å². The summed E-state index contributed by atoms with van der Waals surface area (Å²) < 4.78 is 5.60. The van der Waals surface area contributed by atoms with Crippen molar-refractivity contribution in [3.05, 3.63) is 45.8 Å². The molecule has 1 heterocycles. The average Bonchev–Trinajstić information content (AvgIpc) is 2.85. The van der Waals surface area contributed by atoms with Gasteiger partial charge in [-0.2, -0.15) is 0 Å². The predicted molar refractivity (Wildman–Crippen MR) is 75.8 cm³/mol. The van der Waals surface area contributed by atoms with Crippen LogP contribution in [0.2, 0.25) is 0 Å². The molecule has 1 amide bonds. The highest BCUT2D eigenvalue weighted by Gasteiger charge is 2.15. The zero-order chi connectivity index (χ0) is 14.7. The van der Waals surface area contributed by atoms with Crippen LogP contribution in [0.5, 0.6) is 0 Å². The van der Waals surface area contributed by atoms with Crippen LogP contribution in [0.4, 0.5) is 5.69 Å². The maximum atomic E-state index is 12.0. The topological polar surface area (TPSA) is 114 Å². The molecule has 0 fully saturated rings. The van der Waals surface area contributed by atoms with E-state index < -0.39 is 5.91 Å². The van der Waals surface area contributed by atoms with Crippen LogP contribution in [-0.4, -0.2) is 22.1 Å². The number of carbonyl (C=O) groups excluding carboxylic acids is 1. The molecule has 0 spiro atoms. The Kier molecular flexibility index (Phi) is 4.04. The molecule has 0 aliphatic heterocycles. The maximum absolute atomic E-state index is 12.0. The number of aryl methyl sites for hydroxylation is 1. The second kappa shape index (κ2) is 5.74. The van der Waals surface area contributed by atoms with Gasteiger partial charge in [0.2, 0.25) is 5.76 Å². The fraction of sp³-hybridized carbons (Fsp3) is 0.0833. The summed E-state index contributed by atoms with van der Waals surface area (Å²) in [6, 6.07) is 6.47. The molecule has 0 saturated carbocycles. The van der Waals surface area contributed by atoms with Gasteiger partial charge in [0, 0.05) is 16.1 Å². The number of aromatic nitrogens is 1. The minimum absolute atomic E-state index is 0.0768. The number of halogens is 1. The summed E-state index contributed by atoms with van der Waals surface area (Å²) in [5.74, 6) is -0.509. The SMILES string of the molecule is Cc1cc(C(=O)Nc2cc(Br)ccc2/C(N)=N/O)on1. The second-order valence-corrected chi connectivity index (χ2v) is 4.88. The molecule has 0 aliphatic carbocycles. The number of rotatable bonds is 3. The molecule has 104 valence electrons. The zero-order valence-corrected chi connectivity index (χ0v) is 12.0. The number of amides is 1. The van der Waals surface area contributed by atoms with E-state index in [-0.39, 0.29) is 11.6 Å². The predicted octanol–water partition coefficient (Wildman–Crippen LogP) is 2.09. The summed E-state index contributed by atoms with van der Waals surface area (Å²) >= 11 is 3.29. The van der Waals surface area contributed by atoms with Crippen LogP contribution < -0.4 is 11.1 Å². The number of nitrogens with zero attached hydrogens (tertiary/aromatic N) is 2. The fourth-order valence-corrected chi connectivity index (χ4v) is 1.91. The number of nitrogens with two attached hydrogens (primary N) is 1. The summed E-state index contributed by atoms with van der Waals surface area (Å²) in [4.78, 5) is 12.0. The largest absolute Gasteiger partial charge is 0.409 e. The number of amidine groups is 1. The van der Waals surface area contributed by atoms with E-state index in [0.717, 1.165) is 4.47 Å². The third kappa shape index (κ3) is 2.97. The van der Waals surface area contributed by atoms with E-state index in [1.165, 1.54) is 6.07 Å². The van der Waals surface area contributed by atoms with Crippen molar-refractivity contribution in [3.8, 4) is 0 Å². The average molecular weight is 339 g/mol. The van der Waals surface area contributed by atoms with Gasteiger partial charge in [0.1, 0.15) is 0 Å². The monoisotopic (exact) mass is 338 g/mol. The third-order valence-corrected chi connectivity index (χ3v) is 2.96. The van der Waals surface area contributed by atoms with Gasteiger partial charge in [-0.1, -0.05) is 26.2 Å². The van der Waals surface area contributed by atoms with E-state index in [1.807, 2.05) is 0 Å². The van der Waals surface area contributed by atoms with Gasteiger partial charge >= 0.3 is 0 Å². The Hall–Kier alpha value is -2.35. The molecule has 1 aromatic carbocycles. The minimum Gasteiger partial charge on any atom is -0.409 e. The van der Waals surface area contributed by atoms with Crippen molar-refractivity contribution in [2.45, 2.75) is 6.92 Å². The lowest BCUT2D eigenvalue weighted by Gasteiger charge is -2.09. The first kappa shape index (κ1) is 14.1. The number of carbonyl (C=O) groups is 1. The lowest BCUT2D eigenvalue weighted by molar-refractivity contribution is 0.0988. The van der Waals surface area contributed by atoms with Crippen LogP contribution in [0.3, 0.4) is 0 Å². The van der Waals surface area contributed by atoms with Crippen molar-refractivity contribution >= 4 is 33.4 Å². The zero-order valence-electron chi connectivity index (χ0n) is 10.4. The van der Waals surface area contributed by atoms with Crippen LogP contribution in [-0.2, 0) is 0 Å². The molecule has 2 rings (SSSR count). The number of anilines is 1. The summed E-state index contributed by atoms with van der Waals surface area (Å²) in [6.45, 7) is 1.71. The lowest BCUT2D eigenvalue weighted by Crippen LogP contribution is -2.19. The highest BCUT2D eigenvalue weighted by atomic mass is 79.9. The van der Waals surface area contributed by atoms with Crippen molar-refractivity contribution in [2.75, 3.05) is 5.32 Å². The number of nitrogens with one attached hydrogen (secondary N) is 1. The van der Waals surface area contributed by atoms with Gasteiger partial charge in [-0.05, 0) is 25.1 Å². The Balaban J connectivity index is 2.33. The van der Waals surface area contributed by atoms with Gasteiger partial charge in [-0.25, -0.2) is 0 Å². The van der Waals surface area contributed by atoms with Crippen molar-refractivity contribution in [1.82, 2.24) is 5.16 Å². The highest BCUT2D eigenvalue weighted by Crippen LogP contribution is 2.22. The second-order valence-electron chi connectivity index (χ2n) is 3.96. The molecule has 0 radical (unpaired) electrons. The summed E-state index contributed by atoms with van der Waals surface area (Å²) in [5.41, 5.74) is 6.93. The van der Waals surface area contributed by atoms with E-state index in [4.69, 9.17) is 15.5 Å². The molecule has 0 saturated heterocycles. The van der Waals surface area contributed by atoms with Crippen LogP contribution in [0, 0.1) is 6.92 Å². The van der Waals surface area contributed by atoms with E-state index in [0.29, 0.717) is 16.9 Å². The summed E-state index contributed by atoms with van der Waals surface area (Å²) in [5, 5.41) is 17.9. The fourth-order valence-electron chi connectivity index (χ4n) is 1.55. The molecule has 4 N–H and O–H groups in total. The Labute approximate surface area is 122 Å². The molecule has 7 nitrogen and oxygen atoms in total. The first-order chi connectivity index (χ1) is 9.51. The van der Waals surface area contributed by atoms with Gasteiger partial charge in [0.25, 0.3) is 5.91 Å². The molecular formula is C12H11BrN4O3. The molecule has 2 aromatic rings. The lowest BCUT2D eigenvalue weighted by atomic mass is 10.1. The van der Waals surface area contributed by atoms with Gasteiger partial charge in [-0.3, -0.25) is 4.79 Å². The normalized spacial score (nSPS) is 11.4. The maximum Gasteiger partial charge on any atom is 0.294 e. The smallest absolute Gasteiger partial charge is 0.294 e. The van der Waals surface area contributed by atoms with Gasteiger partial charge in [-0.15, -0.1) is 0 Å². The molecule has 20 heavy (non-hydrogen) atoms. The first-order valence-electron chi connectivity index (χ1n) is 5.53.